The number of ether oxygens (including phenoxy) is 1. The van der Waals surface area contributed by atoms with Crippen molar-refractivity contribution >= 4 is 5.97 Å². The second-order valence-corrected chi connectivity index (χ2v) is 4.42. The fraction of sp³-hybridized carbons (Fsp3) is 0.583. The lowest BCUT2D eigenvalue weighted by Crippen LogP contribution is -2.35. The van der Waals surface area contributed by atoms with Gasteiger partial charge in [-0.3, -0.25) is 0 Å². The van der Waals surface area contributed by atoms with Gasteiger partial charge < -0.3 is 19.6 Å². The van der Waals surface area contributed by atoms with Crippen molar-refractivity contribution in [2.24, 2.45) is 5.92 Å². The Morgan fingerprint density at radius 1 is 1.65 bits per heavy atom. The molecule has 0 saturated heterocycles. The quantitative estimate of drug-likeness (QED) is 0.748. The zero-order valence-corrected chi connectivity index (χ0v) is 9.81. The van der Waals surface area contributed by atoms with Gasteiger partial charge in [0.25, 0.3) is 0 Å². The molecule has 0 radical (unpaired) electrons. The Morgan fingerprint density at radius 2 is 2.41 bits per heavy atom. The van der Waals surface area contributed by atoms with Crippen molar-refractivity contribution in [3.8, 4) is 0 Å². The number of furan rings is 1. The Bertz CT molecular complexity index is 382. The molecule has 94 valence electrons. The van der Waals surface area contributed by atoms with Crippen LogP contribution in [-0.2, 0) is 11.3 Å². The Labute approximate surface area is 99.8 Å². The van der Waals surface area contributed by atoms with E-state index in [0.29, 0.717) is 23.8 Å². The smallest absolute Gasteiger partial charge is 0.341 e. The topological polar surface area (TPSA) is 71.7 Å². The van der Waals surface area contributed by atoms with Gasteiger partial charge in [-0.25, -0.2) is 4.79 Å². The normalized spacial score (nSPS) is 23.2. The van der Waals surface area contributed by atoms with Crippen LogP contribution in [0, 0.1) is 5.92 Å². The summed E-state index contributed by atoms with van der Waals surface area (Å²) in [6.45, 7) is 1.45. The highest BCUT2D eigenvalue weighted by Gasteiger charge is 2.26. The van der Waals surface area contributed by atoms with Crippen LogP contribution >= 0.6 is 0 Å². The second kappa shape index (κ2) is 5.33. The van der Waals surface area contributed by atoms with Crippen LogP contribution in [-0.4, -0.2) is 30.8 Å². The molecule has 0 aliphatic heterocycles. The summed E-state index contributed by atoms with van der Waals surface area (Å²) in [6.07, 6.45) is 3.03. The van der Waals surface area contributed by atoms with Gasteiger partial charge in [-0.15, -0.1) is 0 Å². The number of rotatable bonds is 5. The number of hydrogen-bond acceptors (Lipinski definition) is 5. The Morgan fingerprint density at radius 3 is 3.06 bits per heavy atom. The van der Waals surface area contributed by atoms with Gasteiger partial charge in [-0.05, 0) is 31.4 Å². The van der Waals surface area contributed by atoms with Crippen LogP contribution in [0.15, 0.2) is 16.7 Å². The Balaban J connectivity index is 1.72. The highest BCUT2D eigenvalue weighted by Crippen LogP contribution is 2.26. The Kier molecular flexibility index (Phi) is 3.81. The summed E-state index contributed by atoms with van der Waals surface area (Å²) in [5.74, 6) is 0.882. The van der Waals surface area contributed by atoms with Crippen molar-refractivity contribution in [3.05, 3.63) is 23.7 Å². The average molecular weight is 239 g/mol. The maximum absolute atomic E-state index is 11.2. The first-order valence-electron chi connectivity index (χ1n) is 5.73. The fourth-order valence-corrected chi connectivity index (χ4v) is 1.96. The predicted molar refractivity (Wildman–Crippen MR) is 60.5 cm³/mol. The summed E-state index contributed by atoms with van der Waals surface area (Å²) >= 11 is 0. The lowest BCUT2D eigenvalue weighted by molar-refractivity contribution is 0.0428. The molecule has 0 aromatic carbocycles. The van der Waals surface area contributed by atoms with E-state index in [0.717, 1.165) is 19.4 Å². The summed E-state index contributed by atoms with van der Waals surface area (Å²) in [5, 5.41) is 12.4. The summed E-state index contributed by atoms with van der Waals surface area (Å²) in [5.41, 5.74) is 0.434. The molecule has 2 rings (SSSR count). The molecule has 1 aromatic heterocycles. The molecule has 1 saturated carbocycles. The molecule has 17 heavy (non-hydrogen) atoms. The molecule has 1 aliphatic rings. The van der Waals surface area contributed by atoms with E-state index in [1.165, 1.54) is 13.4 Å². The minimum atomic E-state index is -0.387. The van der Waals surface area contributed by atoms with Crippen molar-refractivity contribution in [2.75, 3.05) is 13.7 Å². The molecular weight excluding hydrogens is 222 g/mol. The van der Waals surface area contributed by atoms with Crippen molar-refractivity contribution < 1.29 is 19.1 Å². The van der Waals surface area contributed by atoms with Gasteiger partial charge >= 0.3 is 5.97 Å². The Hall–Kier alpha value is -1.33. The number of esters is 1. The number of nitrogens with one attached hydrogen (secondary N) is 1. The van der Waals surface area contributed by atoms with Crippen molar-refractivity contribution in [3.63, 3.8) is 0 Å². The number of methoxy groups -OCH3 is 1. The van der Waals surface area contributed by atoms with E-state index in [2.05, 4.69) is 10.1 Å². The van der Waals surface area contributed by atoms with Gasteiger partial charge in [0.2, 0.25) is 0 Å². The van der Waals surface area contributed by atoms with E-state index in [-0.39, 0.29) is 12.1 Å². The van der Waals surface area contributed by atoms with Crippen molar-refractivity contribution in [1.29, 1.82) is 0 Å². The molecule has 5 heteroatoms. The van der Waals surface area contributed by atoms with E-state index >= 15 is 0 Å². The SMILES string of the molecule is COC(=O)c1coc(CNCC2CC(O)C2)c1. The number of aliphatic hydroxyl groups is 1. The lowest BCUT2D eigenvalue weighted by Gasteiger charge is -2.31. The van der Waals surface area contributed by atoms with Crippen LogP contribution in [0.3, 0.4) is 0 Å². The molecule has 0 unspecified atom stereocenters. The number of hydrogen-bond donors (Lipinski definition) is 2. The van der Waals surface area contributed by atoms with Gasteiger partial charge in [0, 0.05) is 0 Å². The fourth-order valence-electron chi connectivity index (χ4n) is 1.96. The molecule has 0 amide bonds. The first-order valence-corrected chi connectivity index (χ1v) is 5.73. The minimum absolute atomic E-state index is 0.115. The molecule has 0 atom stereocenters. The van der Waals surface area contributed by atoms with Gasteiger partial charge in [-0.1, -0.05) is 0 Å². The van der Waals surface area contributed by atoms with E-state index in [9.17, 15) is 4.79 Å². The standard InChI is InChI=1S/C12H17NO4/c1-16-12(15)9-4-11(17-7-9)6-13-5-8-2-10(14)3-8/h4,7-8,10,13-14H,2-3,5-6H2,1H3. The van der Waals surface area contributed by atoms with Gasteiger partial charge in [0.1, 0.15) is 12.0 Å². The average Bonchev–Trinajstić information content (AvgIpc) is 2.74. The van der Waals surface area contributed by atoms with Crippen LogP contribution in [0.5, 0.6) is 0 Å². The largest absolute Gasteiger partial charge is 0.467 e. The highest BCUT2D eigenvalue weighted by atomic mass is 16.5. The van der Waals surface area contributed by atoms with E-state index < -0.39 is 0 Å². The molecule has 1 fully saturated rings. The zero-order valence-electron chi connectivity index (χ0n) is 9.81. The molecule has 5 nitrogen and oxygen atoms in total. The van der Waals surface area contributed by atoms with Crippen LogP contribution in [0.25, 0.3) is 0 Å². The predicted octanol–water partition coefficient (Wildman–Crippen LogP) is 0.927. The zero-order chi connectivity index (χ0) is 12.3. The summed E-state index contributed by atoms with van der Waals surface area (Å²) in [6, 6.07) is 1.68. The number of carbonyl (C=O) groups is 1. The van der Waals surface area contributed by atoms with Crippen LogP contribution in [0.1, 0.15) is 29.0 Å². The summed E-state index contributed by atoms with van der Waals surface area (Å²) < 4.78 is 9.81. The number of carbonyl (C=O) groups excluding carboxylic acids is 1. The first-order chi connectivity index (χ1) is 8.19. The van der Waals surface area contributed by atoms with Crippen LogP contribution < -0.4 is 5.32 Å². The number of aliphatic hydroxyl groups excluding tert-OH is 1. The second-order valence-electron chi connectivity index (χ2n) is 4.42. The molecule has 0 spiro atoms. The maximum Gasteiger partial charge on any atom is 0.341 e. The maximum atomic E-state index is 11.2. The van der Waals surface area contributed by atoms with Crippen LogP contribution in [0.4, 0.5) is 0 Å². The van der Waals surface area contributed by atoms with Crippen molar-refractivity contribution in [1.82, 2.24) is 5.32 Å². The van der Waals surface area contributed by atoms with Gasteiger partial charge in [0.05, 0.1) is 25.3 Å². The molecule has 1 heterocycles. The summed E-state index contributed by atoms with van der Waals surface area (Å²) in [4.78, 5) is 11.2. The molecule has 1 aromatic rings. The molecule has 0 bridgehead atoms. The third-order valence-electron chi connectivity index (χ3n) is 3.02. The molecule has 1 aliphatic carbocycles. The molecular formula is C12H17NO4. The third kappa shape index (κ3) is 3.08. The highest BCUT2D eigenvalue weighted by molar-refractivity contribution is 5.88. The van der Waals surface area contributed by atoms with E-state index in [1.54, 1.807) is 6.07 Å². The van der Waals surface area contributed by atoms with Crippen LogP contribution in [0.2, 0.25) is 0 Å². The van der Waals surface area contributed by atoms with E-state index in [4.69, 9.17) is 9.52 Å². The lowest BCUT2D eigenvalue weighted by atomic mass is 9.82. The molecule has 2 N–H and O–H groups in total. The van der Waals surface area contributed by atoms with E-state index in [1.807, 2.05) is 0 Å². The third-order valence-corrected chi connectivity index (χ3v) is 3.02. The monoisotopic (exact) mass is 239 g/mol. The first kappa shape index (κ1) is 12.1. The van der Waals surface area contributed by atoms with Gasteiger partial charge in [0.15, 0.2) is 0 Å². The minimum Gasteiger partial charge on any atom is -0.467 e. The van der Waals surface area contributed by atoms with Gasteiger partial charge in [-0.2, -0.15) is 0 Å². The summed E-state index contributed by atoms with van der Waals surface area (Å²) in [7, 11) is 1.34. The van der Waals surface area contributed by atoms with Crippen molar-refractivity contribution in [2.45, 2.75) is 25.5 Å².